The Morgan fingerprint density at radius 2 is 1.72 bits per heavy atom. The van der Waals surface area contributed by atoms with Crippen molar-refractivity contribution in [1.82, 2.24) is 10.2 Å². The molecule has 152 valence electrons. The van der Waals surface area contributed by atoms with Crippen LogP contribution in [0.4, 0.5) is 0 Å². The minimum absolute atomic E-state index is 0.00293. The molecule has 0 bridgehead atoms. The van der Waals surface area contributed by atoms with E-state index < -0.39 is 0 Å². The average Bonchev–Trinajstić information content (AvgIpc) is 2.74. The number of benzene rings is 2. The number of hydrogen-bond acceptors (Lipinski definition) is 4. The maximum Gasteiger partial charge on any atom is 0.251 e. The van der Waals surface area contributed by atoms with Crippen molar-refractivity contribution < 1.29 is 19.1 Å². The van der Waals surface area contributed by atoms with Crippen molar-refractivity contribution in [3.05, 3.63) is 65.2 Å². The van der Waals surface area contributed by atoms with Crippen molar-refractivity contribution in [3.63, 3.8) is 0 Å². The Labute approximate surface area is 170 Å². The second-order valence-electron chi connectivity index (χ2n) is 7.25. The largest absolute Gasteiger partial charge is 0.496 e. The number of nitrogens with zero attached hydrogens (tertiary/aromatic N) is 1. The van der Waals surface area contributed by atoms with Gasteiger partial charge in [-0.3, -0.25) is 14.4 Å². The van der Waals surface area contributed by atoms with E-state index in [2.05, 4.69) is 5.32 Å². The van der Waals surface area contributed by atoms with Gasteiger partial charge in [0.05, 0.1) is 13.5 Å². The lowest BCUT2D eigenvalue weighted by atomic mass is 10.0. The number of methoxy groups -OCH3 is 1. The molecule has 6 nitrogen and oxygen atoms in total. The van der Waals surface area contributed by atoms with E-state index >= 15 is 0 Å². The molecule has 2 aromatic rings. The van der Waals surface area contributed by atoms with Gasteiger partial charge in [0, 0.05) is 35.8 Å². The van der Waals surface area contributed by atoms with Gasteiger partial charge in [0.15, 0.2) is 5.78 Å². The SMILES string of the molecule is COc1ccc(C(C)=O)cc1CC(=O)N1CCC(NC(=O)c2ccccc2)CC1. The predicted octanol–water partition coefficient (Wildman–Crippen LogP) is 2.86. The van der Waals surface area contributed by atoms with E-state index in [0.717, 1.165) is 12.8 Å². The van der Waals surface area contributed by atoms with E-state index in [1.165, 1.54) is 6.92 Å². The second kappa shape index (κ2) is 9.37. The van der Waals surface area contributed by atoms with Crippen LogP contribution < -0.4 is 10.1 Å². The minimum Gasteiger partial charge on any atom is -0.496 e. The summed E-state index contributed by atoms with van der Waals surface area (Å²) in [7, 11) is 1.55. The number of ether oxygens (including phenoxy) is 1. The summed E-state index contributed by atoms with van der Waals surface area (Å²) >= 11 is 0. The van der Waals surface area contributed by atoms with Gasteiger partial charge in [0.2, 0.25) is 5.91 Å². The number of carbonyl (C=O) groups excluding carboxylic acids is 3. The highest BCUT2D eigenvalue weighted by atomic mass is 16.5. The molecule has 1 N–H and O–H groups in total. The van der Waals surface area contributed by atoms with E-state index in [4.69, 9.17) is 4.74 Å². The molecule has 0 spiro atoms. The highest BCUT2D eigenvalue weighted by Gasteiger charge is 2.25. The summed E-state index contributed by atoms with van der Waals surface area (Å²) in [5.74, 6) is 0.475. The van der Waals surface area contributed by atoms with Crippen LogP contribution in [0.5, 0.6) is 5.75 Å². The molecule has 1 saturated heterocycles. The zero-order valence-corrected chi connectivity index (χ0v) is 16.8. The molecular weight excluding hydrogens is 368 g/mol. The smallest absolute Gasteiger partial charge is 0.251 e. The first-order valence-electron chi connectivity index (χ1n) is 9.79. The molecule has 0 unspecified atom stereocenters. The van der Waals surface area contributed by atoms with Crippen molar-refractivity contribution in [2.45, 2.75) is 32.2 Å². The first-order chi connectivity index (χ1) is 14.0. The van der Waals surface area contributed by atoms with Gasteiger partial charge in [-0.1, -0.05) is 18.2 Å². The molecule has 0 atom stereocenters. The third-order valence-electron chi connectivity index (χ3n) is 5.25. The number of nitrogens with one attached hydrogen (secondary N) is 1. The third-order valence-corrected chi connectivity index (χ3v) is 5.25. The Morgan fingerprint density at radius 1 is 1.03 bits per heavy atom. The second-order valence-corrected chi connectivity index (χ2v) is 7.25. The van der Waals surface area contributed by atoms with E-state index in [1.807, 2.05) is 23.1 Å². The zero-order valence-electron chi connectivity index (χ0n) is 16.8. The summed E-state index contributed by atoms with van der Waals surface area (Å²) in [6.07, 6.45) is 1.62. The van der Waals surface area contributed by atoms with Gasteiger partial charge in [-0.2, -0.15) is 0 Å². The molecule has 6 heteroatoms. The minimum atomic E-state index is -0.0823. The Balaban J connectivity index is 1.56. The van der Waals surface area contributed by atoms with E-state index in [-0.39, 0.29) is 30.1 Å². The molecular formula is C23H26N2O4. The fourth-order valence-electron chi connectivity index (χ4n) is 3.54. The lowest BCUT2D eigenvalue weighted by molar-refractivity contribution is -0.131. The van der Waals surface area contributed by atoms with Crippen molar-refractivity contribution in [2.75, 3.05) is 20.2 Å². The van der Waals surface area contributed by atoms with Crippen LogP contribution in [0.3, 0.4) is 0 Å². The fourth-order valence-corrected chi connectivity index (χ4v) is 3.54. The molecule has 1 aliphatic heterocycles. The Hall–Kier alpha value is -3.15. The average molecular weight is 394 g/mol. The van der Waals surface area contributed by atoms with Crippen LogP contribution in [0.2, 0.25) is 0 Å². The molecule has 29 heavy (non-hydrogen) atoms. The molecule has 1 fully saturated rings. The van der Waals surface area contributed by atoms with Gasteiger partial charge in [-0.05, 0) is 50.1 Å². The molecule has 1 heterocycles. The zero-order chi connectivity index (χ0) is 20.8. The predicted molar refractivity (Wildman–Crippen MR) is 110 cm³/mol. The lowest BCUT2D eigenvalue weighted by Crippen LogP contribution is -2.47. The number of Topliss-reactive ketones (excluding diaryl/α,β-unsaturated/α-hetero) is 1. The summed E-state index contributed by atoms with van der Waals surface area (Å²) in [5.41, 5.74) is 1.92. The summed E-state index contributed by atoms with van der Waals surface area (Å²) in [6.45, 7) is 2.68. The van der Waals surface area contributed by atoms with Crippen molar-refractivity contribution in [2.24, 2.45) is 0 Å². The van der Waals surface area contributed by atoms with E-state index in [0.29, 0.717) is 35.5 Å². The molecule has 1 aliphatic rings. The summed E-state index contributed by atoms with van der Waals surface area (Å²) in [4.78, 5) is 38.5. The van der Waals surface area contributed by atoms with Gasteiger partial charge in [-0.15, -0.1) is 0 Å². The van der Waals surface area contributed by atoms with Gasteiger partial charge in [-0.25, -0.2) is 0 Å². The number of carbonyl (C=O) groups is 3. The lowest BCUT2D eigenvalue weighted by Gasteiger charge is -2.32. The van der Waals surface area contributed by atoms with Gasteiger partial charge < -0.3 is 15.0 Å². The van der Waals surface area contributed by atoms with E-state index in [9.17, 15) is 14.4 Å². The monoisotopic (exact) mass is 394 g/mol. The van der Waals surface area contributed by atoms with Gasteiger partial charge in [0.1, 0.15) is 5.75 Å². The summed E-state index contributed by atoms with van der Waals surface area (Å²) in [5, 5.41) is 3.05. The summed E-state index contributed by atoms with van der Waals surface area (Å²) in [6, 6.07) is 14.3. The first-order valence-corrected chi connectivity index (χ1v) is 9.79. The fraction of sp³-hybridized carbons (Fsp3) is 0.348. The van der Waals surface area contributed by atoms with Crippen LogP contribution in [0.15, 0.2) is 48.5 Å². The molecule has 0 saturated carbocycles. The van der Waals surface area contributed by atoms with Gasteiger partial charge in [0.25, 0.3) is 5.91 Å². The topological polar surface area (TPSA) is 75.7 Å². The maximum absolute atomic E-state index is 12.8. The quantitative estimate of drug-likeness (QED) is 0.765. The van der Waals surface area contributed by atoms with Crippen LogP contribution in [0, 0.1) is 0 Å². The highest BCUT2D eigenvalue weighted by Crippen LogP contribution is 2.22. The van der Waals surface area contributed by atoms with Crippen molar-refractivity contribution >= 4 is 17.6 Å². The van der Waals surface area contributed by atoms with Crippen molar-refractivity contribution in [3.8, 4) is 5.75 Å². The summed E-state index contributed by atoms with van der Waals surface area (Å²) < 4.78 is 5.34. The Morgan fingerprint density at radius 3 is 2.34 bits per heavy atom. The van der Waals surface area contributed by atoms with Crippen LogP contribution in [0.25, 0.3) is 0 Å². The van der Waals surface area contributed by atoms with Crippen LogP contribution in [-0.4, -0.2) is 48.7 Å². The molecule has 0 radical (unpaired) electrons. The molecule has 0 aliphatic carbocycles. The molecule has 2 amide bonds. The number of amides is 2. The number of likely N-dealkylation sites (tertiary alicyclic amines) is 1. The Bertz CT molecular complexity index is 887. The van der Waals surface area contributed by atoms with Crippen molar-refractivity contribution in [1.29, 1.82) is 0 Å². The number of ketones is 1. The first kappa shape index (κ1) is 20.6. The number of rotatable bonds is 6. The number of piperidine rings is 1. The Kier molecular flexibility index (Phi) is 6.65. The molecule has 3 rings (SSSR count). The molecule has 2 aromatic carbocycles. The highest BCUT2D eigenvalue weighted by molar-refractivity contribution is 5.95. The van der Waals surface area contributed by atoms with E-state index in [1.54, 1.807) is 37.4 Å². The van der Waals surface area contributed by atoms with Crippen LogP contribution in [-0.2, 0) is 11.2 Å². The van der Waals surface area contributed by atoms with Crippen LogP contribution >= 0.6 is 0 Å². The third kappa shape index (κ3) is 5.22. The number of hydrogen-bond donors (Lipinski definition) is 1. The molecule has 0 aromatic heterocycles. The normalized spacial score (nSPS) is 14.3. The van der Waals surface area contributed by atoms with Crippen LogP contribution in [0.1, 0.15) is 46.0 Å². The van der Waals surface area contributed by atoms with Gasteiger partial charge >= 0.3 is 0 Å². The maximum atomic E-state index is 12.8. The standard InChI is InChI=1S/C23H26N2O4/c1-16(26)18-8-9-21(29-2)19(14-18)15-22(27)25-12-10-20(11-13-25)24-23(28)17-6-4-3-5-7-17/h3-9,14,20H,10-13,15H2,1-2H3,(H,24,28).